The minimum atomic E-state index is -0.115. The van der Waals surface area contributed by atoms with Gasteiger partial charge in [0.2, 0.25) is 5.91 Å². The van der Waals surface area contributed by atoms with Gasteiger partial charge in [0, 0.05) is 31.4 Å². The van der Waals surface area contributed by atoms with Crippen LogP contribution >= 0.6 is 11.3 Å². The SMILES string of the molecule is CN(Cc1ccccc1)C(=O)c1csc(COc2ccc3c(c2)C(c2ccccc2)N(C(=O)C2CC2)CC3)n1. The molecule has 39 heavy (non-hydrogen) atoms. The van der Waals surface area contributed by atoms with Gasteiger partial charge in [-0.05, 0) is 53.6 Å². The number of ether oxygens (including phenoxy) is 1. The Morgan fingerprint density at radius 1 is 1.03 bits per heavy atom. The number of amides is 2. The first-order valence-corrected chi connectivity index (χ1v) is 14.3. The van der Waals surface area contributed by atoms with Crippen molar-refractivity contribution in [2.75, 3.05) is 13.6 Å². The van der Waals surface area contributed by atoms with Gasteiger partial charge in [0.15, 0.2) is 0 Å². The summed E-state index contributed by atoms with van der Waals surface area (Å²) in [5.41, 5.74) is 5.00. The number of carbonyl (C=O) groups excluding carboxylic acids is 2. The molecule has 0 spiro atoms. The Morgan fingerprint density at radius 2 is 1.77 bits per heavy atom. The second kappa shape index (κ2) is 11.0. The van der Waals surface area contributed by atoms with Crippen molar-refractivity contribution in [2.45, 2.75) is 38.5 Å². The van der Waals surface area contributed by atoms with E-state index in [2.05, 4.69) is 34.1 Å². The molecule has 6 rings (SSSR count). The smallest absolute Gasteiger partial charge is 0.273 e. The molecule has 2 aliphatic rings. The van der Waals surface area contributed by atoms with Crippen molar-refractivity contribution in [2.24, 2.45) is 5.92 Å². The van der Waals surface area contributed by atoms with E-state index in [-0.39, 0.29) is 30.4 Å². The van der Waals surface area contributed by atoms with Crippen molar-refractivity contribution in [3.05, 3.63) is 117 Å². The maximum atomic E-state index is 13.2. The van der Waals surface area contributed by atoms with Gasteiger partial charge in [0.1, 0.15) is 23.1 Å². The largest absolute Gasteiger partial charge is 0.486 e. The van der Waals surface area contributed by atoms with Gasteiger partial charge in [-0.2, -0.15) is 0 Å². The molecule has 0 radical (unpaired) electrons. The lowest BCUT2D eigenvalue weighted by Crippen LogP contribution is -2.41. The van der Waals surface area contributed by atoms with Crippen LogP contribution in [0.25, 0.3) is 0 Å². The molecule has 1 aliphatic carbocycles. The second-order valence-corrected chi connectivity index (χ2v) is 11.2. The normalized spacial score (nSPS) is 16.4. The van der Waals surface area contributed by atoms with Crippen LogP contribution in [0.15, 0.2) is 84.2 Å². The third kappa shape index (κ3) is 5.59. The van der Waals surface area contributed by atoms with Crippen LogP contribution < -0.4 is 4.74 Å². The predicted molar refractivity (Wildman–Crippen MR) is 152 cm³/mol. The second-order valence-electron chi connectivity index (χ2n) is 10.3. The molecule has 2 heterocycles. The summed E-state index contributed by atoms with van der Waals surface area (Å²) in [6.07, 6.45) is 2.83. The van der Waals surface area contributed by atoms with E-state index in [1.54, 1.807) is 17.3 Å². The summed E-state index contributed by atoms with van der Waals surface area (Å²) in [4.78, 5) is 34.4. The Bertz CT molecular complexity index is 1470. The van der Waals surface area contributed by atoms with Gasteiger partial charge in [-0.25, -0.2) is 4.98 Å². The fourth-order valence-corrected chi connectivity index (χ4v) is 5.90. The van der Waals surface area contributed by atoms with Crippen LogP contribution in [0, 0.1) is 5.92 Å². The average Bonchev–Trinajstić information content (AvgIpc) is 3.72. The van der Waals surface area contributed by atoms with Crippen molar-refractivity contribution in [1.29, 1.82) is 0 Å². The van der Waals surface area contributed by atoms with E-state index in [1.165, 1.54) is 16.9 Å². The Morgan fingerprint density at radius 3 is 2.51 bits per heavy atom. The number of fused-ring (bicyclic) bond motifs is 1. The molecular formula is C32H31N3O3S. The molecular weight excluding hydrogens is 506 g/mol. The molecule has 2 amide bonds. The molecule has 198 valence electrons. The van der Waals surface area contributed by atoms with E-state index in [0.29, 0.717) is 12.2 Å². The lowest BCUT2D eigenvalue weighted by molar-refractivity contribution is -0.134. The fourth-order valence-electron chi connectivity index (χ4n) is 5.23. The van der Waals surface area contributed by atoms with Crippen LogP contribution in [0.3, 0.4) is 0 Å². The number of aromatic nitrogens is 1. The van der Waals surface area contributed by atoms with E-state index < -0.39 is 0 Å². The Labute approximate surface area is 232 Å². The first kappa shape index (κ1) is 25.3. The Balaban J connectivity index is 1.17. The predicted octanol–water partition coefficient (Wildman–Crippen LogP) is 5.88. The average molecular weight is 538 g/mol. The number of hydrogen-bond acceptors (Lipinski definition) is 5. The first-order valence-electron chi connectivity index (χ1n) is 13.4. The maximum absolute atomic E-state index is 13.2. The highest BCUT2D eigenvalue weighted by atomic mass is 32.1. The number of hydrogen-bond donors (Lipinski definition) is 0. The quantitative estimate of drug-likeness (QED) is 0.282. The molecule has 1 saturated carbocycles. The fraction of sp³-hybridized carbons (Fsp3) is 0.281. The van der Waals surface area contributed by atoms with E-state index >= 15 is 0 Å². The third-order valence-electron chi connectivity index (χ3n) is 7.41. The van der Waals surface area contributed by atoms with Crippen LogP contribution in [0.5, 0.6) is 5.75 Å². The molecule has 1 atom stereocenters. The van der Waals surface area contributed by atoms with Crippen LogP contribution in [0.2, 0.25) is 0 Å². The van der Waals surface area contributed by atoms with Crippen molar-refractivity contribution < 1.29 is 14.3 Å². The molecule has 3 aromatic carbocycles. The zero-order chi connectivity index (χ0) is 26.8. The molecule has 7 heteroatoms. The summed E-state index contributed by atoms with van der Waals surface area (Å²) in [6, 6.07) is 26.3. The number of rotatable bonds is 8. The maximum Gasteiger partial charge on any atom is 0.273 e. The Kier molecular flexibility index (Phi) is 7.16. The monoisotopic (exact) mass is 537 g/mol. The van der Waals surface area contributed by atoms with Crippen molar-refractivity contribution in [3.63, 3.8) is 0 Å². The Hall–Kier alpha value is -3.97. The summed E-state index contributed by atoms with van der Waals surface area (Å²) in [5, 5.41) is 2.54. The minimum absolute atomic E-state index is 0.110. The lowest BCUT2D eigenvalue weighted by Gasteiger charge is -2.38. The van der Waals surface area contributed by atoms with Gasteiger partial charge in [-0.15, -0.1) is 11.3 Å². The van der Waals surface area contributed by atoms with E-state index in [0.717, 1.165) is 53.3 Å². The zero-order valence-electron chi connectivity index (χ0n) is 22.0. The number of benzene rings is 3. The van der Waals surface area contributed by atoms with Gasteiger partial charge in [0.25, 0.3) is 5.91 Å². The van der Waals surface area contributed by atoms with Crippen LogP contribution in [0.1, 0.15) is 56.6 Å². The number of thiazole rings is 1. The van der Waals surface area contributed by atoms with Crippen LogP contribution in [-0.2, 0) is 24.4 Å². The minimum Gasteiger partial charge on any atom is -0.486 e. The van der Waals surface area contributed by atoms with Crippen molar-refractivity contribution >= 4 is 23.2 Å². The van der Waals surface area contributed by atoms with E-state index in [9.17, 15) is 9.59 Å². The summed E-state index contributed by atoms with van der Waals surface area (Å²) in [6.45, 7) is 1.54. The van der Waals surface area contributed by atoms with Gasteiger partial charge in [0.05, 0.1) is 6.04 Å². The van der Waals surface area contributed by atoms with Crippen LogP contribution in [-0.4, -0.2) is 40.2 Å². The third-order valence-corrected chi connectivity index (χ3v) is 8.24. The standard InChI is InChI=1S/C32H31N3O3S/c1-34(19-22-8-4-2-5-9-22)32(37)28-21-39-29(33-28)20-38-26-15-14-23-16-17-35(31(36)25-12-13-25)30(27(23)18-26)24-10-6-3-7-11-24/h2-11,14-15,18,21,25,30H,12-13,16-17,19-20H2,1H3. The summed E-state index contributed by atoms with van der Waals surface area (Å²) in [5.74, 6) is 1.06. The molecule has 1 aliphatic heterocycles. The number of nitrogens with zero attached hydrogens (tertiary/aromatic N) is 3. The topological polar surface area (TPSA) is 62.7 Å². The highest BCUT2D eigenvalue weighted by Gasteiger charge is 2.39. The molecule has 0 saturated heterocycles. The van der Waals surface area contributed by atoms with E-state index in [4.69, 9.17) is 4.74 Å². The molecule has 4 aromatic rings. The lowest BCUT2D eigenvalue weighted by atomic mass is 9.87. The molecule has 0 N–H and O–H groups in total. The molecule has 6 nitrogen and oxygen atoms in total. The van der Waals surface area contributed by atoms with Gasteiger partial charge >= 0.3 is 0 Å². The molecule has 1 unspecified atom stereocenters. The first-order chi connectivity index (χ1) is 19.1. The molecule has 1 aromatic heterocycles. The van der Waals surface area contributed by atoms with Gasteiger partial charge in [-0.1, -0.05) is 66.7 Å². The highest BCUT2D eigenvalue weighted by Crippen LogP contribution is 2.41. The van der Waals surface area contributed by atoms with Gasteiger partial charge < -0.3 is 14.5 Å². The van der Waals surface area contributed by atoms with Crippen LogP contribution in [0.4, 0.5) is 0 Å². The highest BCUT2D eigenvalue weighted by molar-refractivity contribution is 7.09. The summed E-state index contributed by atoms with van der Waals surface area (Å²) < 4.78 is 6.17. The van der Waals surface area contributed by atoms with Crippen molar-refractivity contribution in [3.8, 4) is 5.75 Å². The summed E-state index contributed by atoms with van der Waals surface area (Å²) in [7, 11) is 1.79. The van der Waals surface area contributed by atoms with Gasteiger partial charge in [-0.3, -0.25) is 9.59 Å². The molecule has 0 bridgehead atoms. The molecule has 1 fully saturated rings. The number of carbonyl (C=O) groups is 2. The van der Waals surface area contributed by atoms with Crippen molar-refractivity contribution in [1.82, 2.24) is 14.8 Å². The van der Waals surface area contributed by atoms with E-state index in [1.807, 2.05) is 54.6 Å². The summed E-state index contributed by atoms with van der Waals surface area (Å²) >= 11 is 1.42. The zero-order valence-corrected chi connectivity index (χ0v) is 22.8.